The number of amides is 2. The lowest BCUT2D eigenvalue weighted by Gasteiger charge is -2.35. The number of sulfonamides is 1. The number of nitrogens with zero attached hydrogens (tertiary/aromatic N) is 2. The summed E-state index contributed by atoms with van der Waals surface area (Å²) in [7, 11) is -4.11. The fraction of sp³-hybridized carbons (Fsp3) is 0.394. The van der Waals surface area contributed by atoms with Gasteiger partial charge in [0.1, 0.15) is 12.6 Å². The van der Waals surface area contributed by atoms with Crippen LogP contribution in [0.3, 0.4) is 0 Å². The van der Waals surface area contributed by atoms with Gasteiger partial charge in [-0.25, -0.2) is 8.42 Å². The van der Waals surface area contributed by atoms with Gasteiger partial charge in [0.2, 0.25) is 11.8 Å². The molecular weight excluding hydrogens is 534 g/mol. The van der Waals surface area contributed by atoms with Gasteiger partial charge >= 0.3 is 0 Å². The predicted octanol–water partition coefficient (Wildman–Crippen LogP) is 5.84. The second-order valence-corrected chi connectivity index (χ2v) is 13.6. The zero-order chi connectivity index (χ0) is 30.5. The van der Waals surface area contributed by atoms with Crippen LogP contribution < -0.4 is 9.62 Å². The molecule has 0 aliphatic heterocycles. The Morgan fingerprint density at radius 1 is 0.829 bits per heavy atom. The number of carbonyl (C=O) groups is 2. The molecule has 3 rings (SSSR count). The topological polar surface area (TPSA) is 86.8 Å². The van der Waals surface area contributed by atoms with Crippen LogP contribution in [0.5, 0.6) is 0 Å². The first-order chi connectivity index (χ1) is 19.1. The van der Waals surface area contributed by atoms with E-state index in [2.05, 4.69) is 5.32 Å². The molecule has 1 unspecified atom stereocenters. The summed E-state index contributed by atoms with van der Waals surface area (Å²) >= 11 is 0. The third-order valence-corrected chi connectivity index (χ3v) is 8.65. The average Bonchev–Trinajstić information content (AvgIpc) is 2.89. The fourth-order valence-corrected chi connectivity index (χ4v) is 6.07. The lowest BCUT2D eigenvalue weighted by Crippen LogP contribution is -2.55. The van der Waals surface area contributed by atoms with E-state index in [4.69, 9.17) is 0 Å². The number of rotatable bonds is 10. The van der Waals surface area contributed by atoms with E-state index in [1.165, 1.54) is 9.21 Å². The first-order valence-electron chi connectivity index (χ1n) is 14.0. The molecule has 0 bridgehead atoms. The maximum atomic E-state index is 14.2. The van der Waals surface area contributed by atoms with Gasteiger partial charge in [-0.1, -0.05) is 66.6 Å². The highest BCUT2D eigenvalue weighted by Crippen LogP contribution is 2.29. The zero-order valence-corrected chi connectivity index (χ0v) is 26.3. The molecule has 0 fully saturated rings. The van der Waals surface area contributed by atoms with Crippen molar-refractivity contribution in [2.75, 3.05) is 10.8 Å². The second kappa shape index (κ2) is 12.9. The third kappa shape index (κ3) is 8.19. The van der Waals surface area contributed by atoms with Crippen molar-refractivity contribution < 1.29 is 18.0 Å². The number of hydrogen-bond acceptors (Lipinski definition) is 4. The molecule has 7 nitrogen and oxygen atoms in total. The molecule has 0 radical (unpaired) electrons. The Hall–Kier alpha value is -3.65. The van der Waals surface area contributed by atoms with Gasteiger partial charge in [-0.05, 0) is 89.8 Å². The Bertz CT molecular complexity index is 1470. The van der Waals surface area contributed by atoms with Crippen LogP contribution in [-0.4, -0.2) is 43.3 Å². The van der Waals surface area contributed by atoms with E-state index in [0.29, 0.717) is 12.1 Å². The van der Waals surface area contributed by atoms with Crippen LogP contribution in [0.2, 0.25) is 0 Å². The third-order valence-electron chi connectivity index (χ3n) is 6.88. The molecule has 0 aliphatic carbocycles. The summed E-state index contributed by atoms with van der Waals surface area (Å²) in [5, 5.41) is 3.00. The Balaban J connectivity index is 2.11. The Kier molecular flexibility index (Phi) is 10.0. The van der Waals surface area contributed by atoms with Gasteiger partial charge in [0.05, 0.1) is 10.6 Å². The molecule has 0 saturated carbocycles. The molecule has 0 heterocycles. The van der Waals surface area contributed by atoms with Crippen LogP contribution in [0.1, 0.15) is 61.9 Å². The molecule has 3 aromatic carbocycles. The van der Waals surface area contributed by atoms with Crippen molar-refractivity contribution in [3.63, 3.8) is 0 Å². The molecule has 0 spiro atoms. The molecule has 0 saturated heterocycles. The van der Waals surface area contributed by atoms with Crippen molar-refractivity contribution >= 4 is 27.5 Å². The van der Waals surface area contributed by atoms with Crippen LogP contribution in [0.15, 0.2) is 71.6 Å². The predicted molar refractivity (Wildman–Crippen MR) is 165 cm³/mol. The minimum atomic E-state index is -4.11. The van der Waals surface area contributed by atoms with E-state index in [-0.39, 0.29) is 17.3 Å². The Morgan fingerprint density at radius 2 is 1.37 bits per heavy atom. The molecule has 220 valence electrons. The molecule has 1 atom stereocenters. The average molecular weight is 578 g/mol. The Morgan fingerprint density at radius 3 is 1.90 bits per heavy atom. The number of aryl methyl sites for hydroxylation is 4. The number of benzene rings is 3. The van der Waals surface area contributed by atoms with E-state index in [1.807, 2.05) is 91.8 Å². The molecule has 0 aliphatic rings. The van der Waals surface area contributed by atoms with Crippen LogP contribution in [0.4, 0.5) is 5.69 Å². The highest BCUT2D eigenvalue weighted by atomic mass is 32.2. The van der Waals surface area contributed by atoms with E-state index in [0.717, 1.165) is 27.8 Å². The monoisotopic (exact) mass is 577 g/mol. The van der Waals surface area contributed by atoms with Crippen molar-refractivity contribution in [3.8, 4) is 0 Å². The van der Waals surface area contributed by atoms with Gasteiger partial charge in [-0.3, -0.25) is 13.9 Å². The number of carbonyl (C=O) groups excluding carboxylic acids is 2. The van der Waals surface area contributed by atoms with Crippen molar-refractivity contribution in [1.29, 1.82) is 0 Å². The summed E-state index contributed by atoms with van der Waals surface area (Å²) in [6, 6.07) is 19.1. The van der Waals surface area contributed by atoms with Crippen LogP contribution >= 0.6 is 0 Å². The van der Waals surface area contributed by atoms with Crippen molar-refractivity contribution in [2.45, 2.75) is 84.8 Å². The summed E-state index contributed by atoms with van der Waals surface area (Å²) in [5.41, 5.74) is 4.39. The molecule has 8 heteroatoms. The van der Waals surface area contributed by atoms with Gasteiger partial charge in [-0.15, -0.1) is 0 Å². The smallest absolute Gasteiger partial charge is 0.264 e. The molecular formula is C33H43N3O4S. The molecule has 1 N–H and O–H groups in total. The zero-order valence-electron chi connectivity index (χ0n) is 25.5. The summed E-state index contributed by atoms with van der Waals surface area (Å²) in [5.74, 6) is -0.738. The summed E-state index contributed by atoms with van der Waals surface area (Å²) in [4.78, 5) is 29.3. The maximum Gasteiger partial charge on any atom is 0.264 e. The van der Waals surface area contributed by atoms with Gasteiger partial charge in [0.15, 0.2) is 0 Å². The van der Waals surface area contributed by atoms with Crippen molar-refractivity contribution in [3.05, 3.63) is 94.5 Å². The lowest BCUT2D eigenvalue weighted by molar-refractivity contribution is -0.141. The Labute approximate surface area is 245 Å². The summed E-state index contributed by atoms with van der Waals surface area (Å²) in [6.45, 7) is 14.8. The minimum absolute atomic E-state index is 0.0967. The van der Waals surface area contributed by atoms with Crippen molar-refractivity contribution in [2.24, 2.45) is 0 Å². The van der Waals surface area contributed by atoms with E-state index in [1.54, 1.807) is 30.3 Å². The second-order valence-electron chi connectivity index (χ2n) is 11.8. The van der Waals surface area contributed by atoms with Crippen LogP contribution in [-0.2, 0) is 26.2 Å². The minimum Gasteiger partial charge on any atom is -0.350 e. The standard InChI is InChI=1S/C33H43N3O4S/c1-9-29(32(38)34-33(6,7)8)35(21-27-16-11-23(2)12-17-27)31(37)22-36(30-20-25(4)10-15-26(30)5)41(39,40)28-18-13-24(3)14-19-28/h10-20,29H,9,21-22H2,1-8H3,(H,34,38). The maximum absolute atomic E-state index is 14.2. The van der Waals surface area contributed by atoms with Gasteiger partial charge in [0.25, 0.3) is 10.0 Å². The quantitative estimate of drug-likeness (QED) is 0.328. The summed E-state index contributed by atoms with van der Waals surface area (Å²) in [6.07, 6.45) is 0.369. The SMILES string of the molecule is CCC(C(=O)NC(C)(C)C)N(Cc1ccc(C)cc1)C(=O)CN(c1cc(C)ccc1C)S(=O)(=O)c1ccc(C)cc1. The highest BCUT2D eigenvalue weighted by Gasteiger charge is 2.35. The van der Waals surface area contributed by atoms with Gasteiger partial charge < -0.3 is 10.2 Å². The van der Waals surface area contributed by atoms with Gasteiger partial charge in [0, 0.05) is 12.1 Å². The van der Waals surface area contributed by atoms with Crippen molar-refractivity contribution in [1.82, 2.24) is 10.2 Å². The number of hydrogen-bond donors (Lipinski definition) is 1. The lowest BCUT2D eigenvalue weighted by atomic mass is 10.1. The molecule has 2 amide bonds. The van der Waals surface area contributed by atoms with E-state index in [9.17, 15) is 18.0 Å². The highest BCUT2D eigenvalue weighted by molar-refractivity contribution is 7.92. The molecule has 0 aromatic heterocycles. The number of anilines is 1. The normalized spacial score (nSPS) is 12.5. The van der Waals surface area contributed by atoms with E-state index >= 15 is 0 Å². The number of nitrogens with one attached hydrogen (secondary N) is 1. The van der Waals surface area contributed by atoms with Crippen LogP contribution in [0, 0.1) is 27.7 Å². The first-order valence-corrected chi connectivity index (χ1v) is 15.4. The van der Waals surface area contributed by atoms with Gasteiger partial charge in [-0.2, -0.15) is 0 Å². The first kappa shape index (κ1) is 31.9. The largest absolute Gasteiger partial charge is 0.350 e. The fourth-order valence-electron chi connectivity index (χ4n) is 4.60. The summed E-state index contributed by atoms with van der Waals surface area (Å²) < 4.78 is 29.4. The van der Waals surface area contributed by atoms with E-state index < -0.39 is 34.1 Å². The molecule has 3 aromatic rings. The molecule has 41 heavy (non-hydrogen) atoms. The van der Waals surface area contributed by atoms with Crippen LogP contribution in [0.25, 0.3) is 0 Å².